The third kappa shape index (κ3) is 2.58. The molecule has 2 fully saturated rings. The number of rotatable bonds is 4. The molecule has 2 aromatic rings. The Balaban J connectivity index is 1.70. The second-order valence-corrected chi connectivity index (χ2v) is 6.37. The number of nitrogens with zero attached hydrogens (tertiary/aromatic N) is 2. The first-order valence-electron chi connectivity index (χ1n) is 8.25. The number of likely N-dealkylation sites (tertiary alicyclic amines) is 1. The van der Waals surface area contributed by atoms with Gasteiger partial charge in [0.05, 0.1) is 0 Å². The largest absolute Gasteiger partial charge is 0.480 e. The van der Waals surface area contributed by atoms with Gasteiger partial charge in [-0.3, -0.25) is 4.79 Å². The molecule has 2 aliphatic rings. The van der Waals surface area contributed by atoms with Crippen molar-refractivity contribution in [3.63, 3.8) is 0 Å². The van der Waals surface area contributed by atoms with Crippen LogP contribution < -0.4 is 0 Å². The van der Waals surface area contributed by atoms with Crippen LogP contribution in [0, 0.1) is 0 Å². The lowest BCUT2D eigenvalue weighted by atomic mass is 10.2. The van der Waals surface area contributed by atoms with Crippen molar-refractivity contribution in [1.82, 2.24) is 9.88 Å². The van der Waals surface area contributed by atoms with Gasteiger partial charge < -0.3 is 14.4 Å². The van der Waals surface area contributed by atoms with Crippen LogP contribution in [0.4, 0.5) is 0 Å². The summed E-state index contributed by atoms with van der Waals surface area (Å²) in [6, 6.07) is 8.68. The number of oxazole rings is 1. The monoisotopic (exact) mass is 326 g/mol. The minimum atomic E-state index is -0.958. The van der Waals surface area contributed by atoms with E-state index in [2.05, 4.69) is 4.98 Å². The Kier molecular flexibility index (Phi) is 3.59. The molecule has 1 amide bonds. The van der Waals surface area contributed by atoms with Crippen LogP contribution in [-0.2, 0) is 4.79 Å². The number of benzene rings is 1. The Bertz CT molecular complexity index is 780. The first-order valence-corrected chi connectivity index (χ1v) is 8.25. The maximum atomic E-state index is 12.9. The Morgan fingerprint density at radius 1 is 1.17 bits per heavy atom. The summed E-state index contributed by atoms with van der Waals surface area (Å²) in [6.07, 6.45) is 3.15. The van der Waals surface area contributed by atoms with Crippen molar-refractivity contribution in [1.29, 1.82) is 0 Å². The number of aromatic nitrogens is 1. The van der Waals surface area contributed by atoms with E-state index in [1.807, 2.05) is 30.3 Å². The quantitative estimate of drug-likeness (QED) is 0.934. The molecule has 0 unspecified atom stereocenters. The predicted octanol–water partition coefficient (Wildman–Crippen LogP) is 2.91. The van der Waals surface area contributed by atoms with Gasteiger partial charge in [-0.05, 0) is 37.8 Å². The summed E-state index contributed by atoms with van der Waals surface area (Å²) in [4.78, 5) is 30.1. The van der Waals surface area contributed by atoms with Gasteiger partial charge in [-0.25, -0.2) is 9.78 Å². The minimum Gasteiger partial charge on any atom is -0.480 e. The Labute approximate surface area is 139 Å². The summed E-state index contributed by atoms with van der Waals surface area (Å²) in [5.74, 6) is -0.0325. The fourth-order valence-electron chi connectivity index (χ4n) is 3.21. The summed E-state index contributed by atoms with van der Waals surface area (Å²) in [5, 5.41) is 9.32. The number of hydrogen-bond donors (Lipinski definition) is 1. The first-order chi connectivity index (χ1) is 11.6. The van der Waals surface area contributed by atoms with Crippen molar-refractivity contribution in [2.75, 3.05) is 6.54 Å². The van der Waals surface area contributed by atoms with Crippen LogP contribution in [0.3, 0.4) is 0 Å². The van der Waals surface area contributed by atoms with E-state index in [4.69, 9.17) is 4.42 Å². The van der Waals surface area contributed by atoms with Crippen molar-refractivity contribution >= 4 is 11.9 Å². The standard InChI is InChI=1S/C18H18N2O4/c21-17(20-10-4-7-13(20)18(22)23)14-15(11-8-9-11)24-16(19-14)12-5-2-1-3-6-12/h1-3,5-6,11,13H,4,7-10H2,(H,22,23)/t13-/m1/s1. The van der Waals surface area contributed by atoms with Crippen molar-refractivity contribution < 1.29 is 19.1 Å². The number of carbonyl (C=O) groups is 2. The summed E-state index contributed by atoms with van der Waals surface area (Å²) >= 11 is 0. The lowest BCUT2D eigenvalue weighted by Crippen LogP contribution is -2.40. The van der Waals surface area contributed by atoms with Crippen molar-refractivity contribution in [2.24, 2.45) is 0 Å². The molecular weight excluding hydrogens is 308 g/mol. The smallest absolute Gasteiger partial charge is 0.326 e. The van der Waals surface area contributed by atoms with E-state index >= 15 is 0 Å². The van der Waals surface area contributed by atoms with Crippen LogP contribution in [0.25, 0.3) is 11.5 Å². The molecule has 0 bridgehead atoms. The highest BCUT2D eigenvalue weighted by molar-refractivity contribution is 5.96. The van der Waals surface area contributed by atoms with E-state index in [0.717, 1.165) is 18.4 Å². The summed E-state index contributed by atoms with van der Waals surface area (Å²) in [6.45, 7) is 0.452. The van der Waals surface area contributed by atoms with Gasteiger partial charge in [-0.2, -0.15) is 0 Å². The summed E-state index contributed by atoms with van der Waals surface area (Å²) in [7, 11) is 0. The van der Waals surface area contributed by atoms with Crippen LogP contribution in [-0.4, -0.2) is 39.5 Å². The molecule has 0 spiro atoms. The second kappa shape index (κ2) is 5.78. The lowest BCUT2D eigenvalue weighted by Gasteiger charge is -2.20. The molecule has 1 saturated carbocycles. The predicted molar refractivity (Wildman–Crippen MR) is 85.6 cm³/mol. The molecular formula is C18H18N2O4. The molecule has 1 aliphatic heterocycles. The Morgan fingerprint density at radius 3 is 2.58 bits per heavy atom. The molecule has 24 heavy (non-hydrogen) atoms. The molecule has 6 nitrogen and oxygen atoms in total. The van der Waals surface area contributed by atoms with Crippen LogP contribution in [0.1, 0.15) is 47.8 Å². The third-order valence-corrected chi connectivity index (χ3v) is 4.62. The van der Waals surface area contributed by atoms with E-state index in [9.17, 15) is 14.7 Å². The van der Waals surface area contributed by atoms with E-state index < -0.39 is 12.0 Å². The normalized spacial score (nSPS) is 20.3. The number of carboxylic acids is 1. The van der Waals surface area contributed by atoms with Gasteiger partial charge in [-0.15, -0.1) is 0 Å². The fourth-order valence-corrected chi connectivity index (χ4v) is 3.21. The molecule has 1 aromatic heterocycles. The number of carbonyl (C=O) groups excluding carboxylic acids is 1. The number of amides is 1. The van der Waals surface area contributed by atoms with E-state index in [0.29, 0.717) is 31.0 Å². The summed E-state index contributed by atoms with van der Waals surface area (Å²) in [5.41, 5.74) is 1.10. The van der Waals surface area contributed by atoms with Crippen LogP contribution in [0.2, 0.25) is 0 Å². The minimum absolute atomic E-state index is 0.222. The topological polar surface area (TPSA) is 83.6 Å². The van der Waals surface area contributed by atoms with E-state index in [1.165, 1.54) is 4.90 Å². The van der Waals surface area contributed by atoms with Gasteiger partial charge >= 0.3 is 5.97 Å². The second-order valence-electron chi connectivity index (χ2n) is 6.37. The number of hydrogen-bond acceptors (Lipinski definition) is 4. The molecule has 1 aromatic carbocycles. The molecule has 6 heteroatoms. The van der Waals surface area contributed by atoms with Gasteiger partial charge in [0.15, 0.2) is 5.69 Å². The first kappa shape index (κ1) is 14.9. The van der Waals surface area contributed by atoms with Crippen molar-refractivity contribution in [3.8, 4) is 11.5 Å². The molecule has 1 saturated heterocycles. The van der Waals surface area contributed by atoms with Gasteiger partial charge in [-0.1, -0.05) is 18.2 Å². The van der Waals surface area contributed by atoms with Crippen LogP contribution in [0.15, 0.2) is 34.7 Å². The van der Waals surface area contributed by atoms with Gasteiger partial charge in [0.25, 0.3) is 5.91 Å². The molecule has 1 N–H and O–H groups in total. The van der Waals surface area contributed by atoms with Crippen LogP contribution in [0.5, 0.6) is 0 Å². The Hall–Kier alpha value is -2.63. The molecule has 1 aliphatic carbocycles. The average molecular weight is 326 g/mol. The molecule has 1 atom stereocenters. The van der Waals surface area contributed by atoms with E-state index in [1.54, 1.807) is 0 Å². The SMILES string of the molecule is O=C(O)[C@H]1CCCN1C(=O)c1nc(-c2ccccc2)oc1C1CC1. The zero-order chi connectivity index (χ0) is 16.7. The number of carboxylic acid groups (broad SMARTS) is 1. The Morgan fingerprint density at radius 2 is 1.92 bits per heavy atom. The van der Waals surface area contributed by atoms with Gasteiger partial charge in [0.1, 0.15) is 11.8 Å². The average Bonchev–Trinajstić information content (AvgIpc) is 3.15. The lowest BCUT2D eigenvalue weighted by molar-refractivity contribution is -0.141. The van der Waals surface area contributed by atoms with Crippen molar-refractivity contribution in [2.45, 2.75) is 37.6 Å². The van der Waals surface area contributed by atoms with Crippen molar-refractivity contribution in [3.05, 3.63) is 41.8 Å². The molecule has 0 radical (unpaired) electrons. The maximum Gasteiger partial charge on any atom is 0.326 e. The highest BCUT2D eigenvalue weighted by Crippen LogP contribution is 2.43. The fraction of sp³-hybridized carbons (Fsp3) is 0.389. The van der Waals surface area contributed by atoms with Crippen LogP contribution >= 0.6 is 0 Å². The summed E-state index contributed by atoms with van der Waals surface area (Å²) < 4.78 is 5.90. The highest BCUT2D eigenvalue weighted by atomic mass is 16.4. The highest BCUT2D eigenvalue weighted by Gasteiger charge is 2.40. The zero-order valence-corrected chi connectivity index (χ0v) is 13.1. The number of aliphatic carboxylic acids is 1. The zero-order valence-electron chi connectivity index (χ0n) is 13.1. The van der Waals surface area contributed by atoms with Gasteiger partial charge in [0, 0.05) is 18.0 Å². The third-order valence-electron chi connectivity index (χ3n) is 4.62. The molecule has 124 valence electrons. The maximum absolute atomic E-state index is 12.9. The molecule has 4 rings (SSSR count). The van der Waals surface area contributed by atoms with Gasteiger partial charge in [0.2, 0.25) is 5.89 Å². The molecule has 2 heterocycles. The van der Waals surface area contributed by atoms with E-state index in [-0.39, 0.29) is 17.5 Å².